The van der Waals surface area contributed by atoms with Gasteiger partial charge >= 0.3 is 0 Å². The molecule has 2 aliphatic rings. The lowest BCUT2D eigenvalue weighted by molar-refractivity contribution is -0.120. The van der Waals surface area contributed by atoms with Crippen LogP contribution in [0.15, 0.2) is 47.4 Å². The molecule has 0 aromatic heterocycles. The number of piperidine rings is 1. The summed E-state index contributed by atoms with van der Waals surface area (Å²) in [4.78, 5) is 14.7. The molecule has 1 fully saturated rings. The minimum absolute atomic E-state index is 0.0435. The molecule has 4 rings (SSSR count). The molecule has 1 amide bonds. The number of hydrogen-bond acceptors (Lipinski definition) is 4. The van der Waals surface area contributed by atoms with Crippen molar-refractivity contribution < 1.29 is 17.9 Å². The zero-order chi connectivity index (χ0) is 20.4. The standard InChI is InChI=1S/C22H26N2O4S/c1-17-7-3-4-8-21(17)28-16-22(25)24-14-11-18-15-19(9-10-20(18)24)29(26,27)23-12-5-2-6-13-23/h3-4,7-10,15H,2,5-6,11-14,16H2,1H3. The van der Waals surface area contributed by atoms with E-state index < -0.39 is 10.0 Å². The molecule has 2 aliphatic heterocycles. The zero-order valence-electron chi connectivity index (χ0n) is 16.6. The van der Waals surface area contributed by atoms with Crippen LogP contribution in [0, 0.1) is 6.92 Å². The number of sulfonamides is 1. The molecule has 0 spiro atoms. The fourth-order valence-corrected chi connectivity index (χ4v) is 5.56. The summed E-state index contributed by atoms with van der Waals surface area (Å²) in [6.07, 6.45) is 3.55. The number of rotatable bonds is 5. The van der Waals surface area contributed by atoms with Gasteiger partial charge in [-0.15, -0.1) is 0 Å². The van der Waals surface area contributed by atoms with Crippen molar-refractivity contribution in [2.45, 2.75) is 37.5 Å². The summed E-state index contributed by atoms with van der Waals surface area (Å²) >= 11 is 0. The number of anilines is 1. The van der Waals surface area contributed by atoms with Gasteiger partial charge in [0.2, 0.25) is 10.0 Å². The Morgan fingerprint density at radius 3 is 2.55 bits per heavy atom. The Balaban J connectivity index is 1.48. The summed E-state index contributed by atoms with van der Waals surface area (Å²) in [5.41, 5.74) is 2.66. The minimum atomic E-state index is -3.47. The molecule has 0 aliphatic carbocycles. The number of fused-ring (bicyclic) bond motifs is 1. The van der Waals surface area contributed by atoms with E-state index >= 15 is 0 Å². The van der Waals surface area contributed by atoms with Gasteiger partial charge in [0.15, 0.2) is 6.61 Å². The average molecular weight is 415 g/mol. The van der Waals surface area contributed by atoms with Gasteiger partial charge in [0.1, 0.15) is 5.75 Å². The zero-order valence-corrected chi connectivity index (χ0v) is 17.5. The minimum Gasteiger partial charge on any atom is -0.483 e. The van der Waals surface area contributed by atoms with Crippen molar-refractivity contribution in [3.8, 4) is 5.75 Å². The maximum Gasteiger partial charge on any atom is 0.264 e. The Morgan fingerprint density at radius 2 is 1.79 bits per heavy atom. The largest absolute Gasteiger partial charge is 0.483 e. The van der Waals surface area contributed by atoms with Gasteiger partial charge in [-0.3, -0.25) is 4.79 Å². The first-order valence-electron chi connectivity index (χ1n) is 10.1. The molecule has 2 aromatic rings. The number of nitrogens with zero attached hydrogens (tertiary/aromatic N) is 2. The van der Waals surface area contributed by atoms with Gasteiger partial charge in [0.25, 0.3) is 5.91 Å². The first kappa shape index (κ1) is 19.9. The van der Waals surface area contributed by atoms with E-state index in [1.165, 1.54) is 0 Å². The van der Waals surface area contributed by atoms with Crippen molar-refractivity contribution in [1.82, 2.24) is 4.31 Å². The predicted octanol–water partition coefficient (Wildman–Crippen LogP) is 3.14. The van der Waals surface area contributed by atoms with Crippen molar-refractivity contribution in [3.63, 3.8) is 0 Å². The fraction of sp³-hybridized carbons (Fsp3) is 0.409. The van der Waals surface area contributed by atoms with Crippen LogP contribution in [0.4, 0.5) is 5.69 Å². The van der Waals surface area contributed by atoms with E-state index in [2.05, 4.69) is 0 Å². The van der Waals surface area contributed by atoms with Gasteiger partial charge in [-0.05, 0) is 61.6 Å². The van der Waals surface area contributed by atoms with Crippen LogP contribution in [0.1, 0.15) is 30.4 Å². The number of hydrogen-bond donors (Lipinski definition) is 0. The summed E-state index contributed by atoms with van der Waals surface area (Å²) in [6, 6.07) is 12.7. The van der Waals surface area contributed by atoms with Gasteiger partial charge in [-0.25, -0.2) is 8.42 Å². The Hall–Kier alpha value is -2.38. The van der Waals surface area contributed by atoms with Gasteiger partial charge in [-0.2, -0.15) is 4.31 Å². The summed E-state index contributed by atoms with van der Waals surface area (Å²) < 4.78 is 33.1. The van der Waals surface area contributed by atoms with Crippen LogP contribution in [-0.4, -0.2) is 44.9 Å². The number of aryl methyl sites for hydroxylation is 1. The van der Waals surface area contributed by atoms with Crippen LogP contribution in [0.5, 0.6) is 5.75 Å². The molecule has 0 saturated carbocycles. The number of para-hydroxylation sites is 1. The monoisotopic (exact) mass is 414 g/mol. The highest BCUT2D eigenvalue weighted by Crippen LogP contribution is 2.32. The second kappa shape index (κ2) is 8.16. The molecular formula is C22H26N2O4S. The van der Waals surface area contributed by atoms with E-state index in [0.29, 0.717) is 36.7 Å². The normalized spacial score (nSPS) is 17.2. The first-order valence-corrected chi connectivity index (χ1v) is 11.5. The van der Waals surface area contributed by atoms with E-state index in [1.54, 1.807) is 27.4 Å². The highest BCUT2D eigenvalue weighted by molar-refractivity contribution is 7.89. The topological polar surface area (TPSA) is 66.9 Å². The Bertz CT molecular complexity index is 1010. The maximum absolute atomic E-state index is 12.9. The smallest absolute Gasteiger partial charge is 0.264 e. The SMILES string of the molecule is Cc1ccccc1OCC(=O)N1CCc2cc(S(=O)(=O)N3CCCCC3)ccc21. The molecule has 0 N–H and O–H groups in total. The highest BCUT2D eigenvalue weighted by Gasteiger charge is 2.30. The van der Waals surface area contributed by atoms with Crippen molar-refractivity contribution in [2.75, 3.05) is 31.1 Å². The quantitative estimate of drug-likeness (QED) is 0.754. The number of carbonyl (C=O) groups is 1. The van der Waals surface area contributed by atoms with Crippen LogP contribution < -0.4 is 9.64 Å². The second-order valence-corrected chi connectivity index (χ2v) is 9.54. The molecule has 0 atom stereocenters. The third kappa shape index (κ3) is 4.02. The van der Waals surface area contributed by atoms with E-state index in [1.807, 2.05) is 31.2 Å². The summed E-state index contributed by atoms with van der Waals surface area (Å²) in [5.74, 6) is 0.571. The Kier molecular flexibility index (Phi) is 5.61. The number of amides is 1. The maximum atomic E-state index is 12.9. The third-order valence-corrected chi connectivity index (χ3v) is 7.54. The average Bonchev–Trinajstić information content (AvgIpc) is 3.17. The van der Waals surface area contributed by atoms with Crippen LogP contribution >= 0.6 is 0 Å². The fourth-order valence-electron chi connectivity index (χ4n) is 3.99. The number of benzene rings is 2. The highest BCUT2D eigenvalue weighted by atomic mass is 32.2. The van der Waals surface area contributed by atoms with E-state index in [9.17, 15) is 13.2 Å². The van der Waals surface area contributed by atoms with Gasteiger partial charge < -0.3 is 9.64 Å². The molecule has 2 heterocycles. The van der Waals surface area contributed by atoms with Crippen molar-refractivity contribution >= 4 is 21.6 Å². The summed E-state index contributed by atoms with van der Waals surface area (Å²) in [7, 11) is -3.47. The molecule has 7 heteroatoms. The lowest BCUT2D eigenvalue weighted by Gasteiger charge is -2.26. The Morgan fingerprint density at radius 1 is 1.03 bits per heavy atom. The molecule has 0 bridgehead atoms. The number of ether oxygens (including phenoxy) is 1. The lowest BCUT2D eigenvalue weighted by Crippen LogP contribution is -2.35. The van der Waals surface area contributed by atoms with E-state index in [4.69, 9.17) is 4.74 Å². The molecule has 2 aromatic carbocycles. The van der Waals surface area contributed by atoms with E-state index in [-0.39, 0.29) is 12.5 Å². The third-order valence-electron chi connectivity index (χ3n) is 5.65. The van der Waals surface area contributed by atoms with Gasteiger partial charge in [-0.1, -0.05) is 24.6 Å². The van der Waals surface area contributed by atoms with E-state index in [0.717, 1.165) is 36.1 Å². The van der Waals surface area contributed by atoms with Crippen LogP contribution in [0.2, 0.25) is 0 Å². The first-order chi connectivity index (χ1) is 14.0. The van der Waals surface area contributed by atoms with Gasteiger partial charge in [0, 0.05) is 25.3 Å². The molecule has 0 unspecified atom stereocenters. The summed E-state index contributed by atoms with van der Waals surface area (Å²) in [5, 5.41) is 0. The van der Waals surface area contributed by atoms with Crippen molar-refractivity contribution in [1.29, 1.82) is 0 Å². The molecule has 6 nitrogen and oxygen atoms in total. The summed E-state index contributed by atoms with van der Waals surface area (Å²) in [6.45, 7) is 3.60. The predicted molar refractivity (Wildman–Crippen MR) is 112 cm³/mol. The molecule has 0 radical (unpaired) electrons. The molecule has 1 saturated heterocycles. The van der Waals surface area contributed by atoms with Gasteiger partial charge in [0.05, 0.1) is 4.90 Å². The Labute approximate surface area is 172 Å². The van der Waals surface area contributed by atoms with Crippen LogP contribution in [0.3, 0.4) is 0 Å². The lowest BCUT2D eigenvalue weighted by atomic mass is 10.2. The van der Waals surface area contributed by atoms with Crippen LogP contribution in [-0.2, 0) is 21.2 Å². The molecule has 154 valence electrons. The number of carbonyl (C=O) groups excluding carboxylic acids is 1. The van der Waals surface area contributed by atoms with Crippen molar-refractivity contribution in [2.24, 2.45) is 0 Å². The van der Waals surface area contributed by atoms with Crippen LogP contribution in [0.25, 0.3) is 0 Å². The van der Waals surface area contributed by atoms with Crippen molar-refractivity contribution in [3.05, 3.63) is 53.6 Å². The molecule has 29 heavy (non-hydrogen) atoms. The second-order valence-electron chi connectivity index (χ2n) is 7.60. The molecular weight excluding hydrogens is 388 g/mol.